The van der Waals surface area contributed by atoms with E-state index in [1.165, 1.54) is 6.92 Å². The highest BCUT2D eigenvalue weighted by Gasteiger charge is 2.32. The van der Waals surface area contributed by atoms with Gasteiger partial charge in [0.15, 0.2) is 6.10 Å². The summed E-state index contributed by atoms with van der Waals surface area (Å²) in [6.07, 6.45) is -5.51. The summed E-state index contributed by atoms with van der Waals surface area (Å²) in [5.41, 5.74) is -1.69. The third-order valence-corrected chi connectivity index (χ3v) is 3.66. The molecule has 144 valence electrons. The molecule has 1 aromatic carbocycles. The Hall–Kier alpha value is -2.81. The fraction of sp³-hybridized carbons (Fsp3) is 0.235. The summed E-state index contributed by atoms with van der Waals surface area (Å²) in [5, 5.41) is 1.82. The highest BCUT2D eigenvalue weighted by atomic mass is 35.5. The van der Waals surface area contributed by atoms with Gasteiger partial charge in [-0.2, -0.15) is 13.2 Å². The summed E-state index contributed by atoms with van der Waals surface area (Å²) in [4.78, 5) is 35.7. The highest BCUT2D eigenvalue weighted by molar-refractivity contribution is 6.30. The number of pyridine rings is 1. The van der Waals surface area contributed by atoms with Gasteiger partial charge in [0.2, 0.25) is 0 Å². The smallest absolute Gasteiger partial charge is 0.417 e. The summed E-state index contributed by atoms with van der Waals surface area (Å²) in [5.74, 6) is -1.70. The van der Waals surface area contributed by atoms with Crippen LogP contribution in [0.3, 0.4) is 0 Å². The predicted molar refractivity (Wildman–Crippen MR) is 91.3 cm³/mol. The maximum atomic E-state index is 12.8. The number of carbonyl (C=O) groups excluding carboxylic acids is 2. The number of anilines is 1. The van der Waals surface area contributed by atoms with Crippen LogP contribution in [0.15, 0.2) is 47.4 Å². The number of rotatable bonds is 5. The van der Waals surface area contributed by atoms with Crippen molar-refractivity contribution < 1.29 is 27.5 Å². The molecule has 0 saturated carbocycles. The number of hydrogen-bond donors (Lipinski definition) is 1. The molecule has 0 spiro atoms. The largest absolute Gasteiger partial charge is 0.451 e. The van der Waals surface area contributed by atoms with E-state index in [1.807, 2.05) is 0 Å². The van der Waals surface area contributed by atoms with Gasteiger partial charge in [-0.1, -0.05) is 29.8 Å². The summed E-state index contributed by atoms with van der Waals surface area (Å²) >= 11 is 5.51. The molecular weight excluding hydrogens is 389 g/mol. The zero-order valence-electron chi connectivity index (χ0n) is 13.9. The van der Waals surface area contributed by atoms with Gasteiger partial charge in [0.05, 0.1) is 5.56 Å². The van der Waals surface area contributed by atoms with E-state index in [1.54, 1.807) is 30.3 Å². The van der Waals surface area contributed by atoms with Crippen molar-refractivity contribution in [2.24, 2.45) is 0 Å². The number of nitrogens with one attached hydrogen (secondary N) is 1. The molecule has 0 aliphatic carbocycles. The highest BCUT2D eigenvalue weighted by Crippen LogP contribution is 2.29. The Kier molecular flexibility index (Phi) is 6.27. The standard InChI is InChI=1S/C17H14ClF3N2O4/c1-10(15(25)22-12-5-3-2-4-6-12)27-14(24)9-23-8-11(17(19,20)21)7-13(18)16(23)26/h2-8,10H,9H2,1H3,(H,22,25)/t10-/m1/s1. The molecule has 27 heavy (non-hydrogen) atoms. The van der Waals surface area contributed by atoms with Crippen molar-refractivity contribution in [2.75, 3.05) is 5.32 Å². The molecular formula is C17H14ClF3N2O4. The van der Waals surface area contributed by atoms with E-state index in [4.69, 9.17) is 16.3 Å². The fourth-order valence-electron chi connectivity index (χ4n) is 2.06. The first kappa shape index (κ1) is 20.5. The van der Waals surface area contributed by atoms with Crippen LogP contribution >= 0.6 is 11.6 Å². The summed E-state index contributed by atoms with van der Waals surface area (Å²) in [6, 6.07) is 8.85. The van der Waals surface area contributed by atoms with Gasteiger partial charge in [-0.3, -0.25) is 14.4 Å². The van der Waals surface area contributed by atoms with E-state index in [0.717, 1.165) is 0 Å². The molecule has 0 radical (unpaired) electrons. The average molecular weight is 403 g/mol. The molecule has 6 nitrogen and oxygen atoms in total. The monoisotopic (exact) mass is 402 g/mol. The SMILES string of the molecule is C[C@@H](OC(=O)Cn1cc(C(F)(F)F)cc(Cl)c1=O)C(=O)Nc1ccccc1. The number of aromatic nitrogens is 1. The lowest BCUT2D eigenvalue weighted by Gasteiger charge is -2.15. The second-order valence-corrected chi connectivity index (χ2v) is 5.90. The van der Waals surface area contributed by atoms with Crippen molar-refractivity contribution in [3.05, 3.63) is 63.5 Å². The lowest BCUT2D eigenvalue weighted by atomic mass is 10.2. The van der Waals surface area contributed by atoms with Crippen molar-refractivity contribution in [1.29, 1.82) is 0 Å². The van der Waals surface area contributed by atoms with Crippen LogP contribution in [-0.4, -0.2) is 22.5 Å². The predicted octanol–water partition coefficient (Wildman–Crippen LogP) is 3.09. The Morgan fingerprint density at radius 1 is 1.26 bits per heavy atom. The van der Waals surface area contributed by atoms with Crippen LogP contribution in [0.1, 0.15) is 12.5 Å². The maximum absolute atomic E-state index is 12.8. The van der Waals surface area contributed by atoms with E-state index < -0.39 is 46.8 Å². The van der Waals surface area contributed by atoms with Crippen molar-refractivity contribution >= 4 is 29.2 Å². The zero-order chi connectivity index (χ0) is 20.2. The van der Waals surface area contributed by atoms with Crippen LogP contribution < -0.4 is 10.9 Å². The topological polar surface area (TPSA) is 77.4 Å². The molecule has 2 rings (SSSR count). The normalized spacial score (nSPS) is 12.3. The van der Waals surface area contributed by atoms with Crippen molar-refractivity contribution in [2.45, 2.75) is 25.7 Å². The number of amides is 1. The number of benzene rings is 1. The van der Waals surface area contributed by atoms with Crippen LogP contribution in [-0.2, 0) is 27.0 Å². The van der Waals surface area contributed by atoms with Crippen molar-refractivity contribution in [3.8, 4) is 0 Å². The van der Waals surface area contributed by atoms with Gasteiger partial charge >= 0.3 is 12.1 Å². The Balaban J connectivity index is 2.06. The second kappa shape index (κ2) is 8.26. The van der Waals surface area contributed by atoms with Crippen molar-refractivity contribution in [1.82, 2.24) is 4.57 Å². The van der Waals surface area contributed by atoms with Crippen LogP contribution in [0, 0.1) is 0 Å². The number of carbonyl (C=O) groups is 2. The van der Waals surface area contributed by atoms with Crippen LogP contribution in [0.5, 0.6) is 0 Å². The lowest BCUT2D eigenvalue weighted by Crippen LogP contribution is -2.33. The summed E-state index contributed by atoms with van der Waals surface area (Å²) < 4.78 is 43.7. The first-order valence-corrected chi connectivity index (χ1v) is 7.98. The zero-order valence-corrected chi connectivity index (χ0v) is 14.7. The minimum absolute atomic E-state index is 0.462. The van der Waals surface area contributed by atoms with E-state index in [9.17, 15) is 27.6 Å². The third-order valence-electron chi connectivity index (χ3n) is 3.39. The van der Waals surface area contributed by atoms with Crippen LogP contribution in [0.25, 0.3) is 0 Å². The van der Waals surface area contributed by atoms with E-state index >= 15 is 0 Å². The molecule has 1 N–H and O–H groups in total. The third kappa shape index (κ3) is 5.58. The molecule has 0 bridgehead atoms. The quantitative estimate of drug-likeness (QED) is 0.780. The molecule has 1 heterocycles. The number of para-hydroxylation sites is 1. The number of esters is 1. The number of hydrogen-bond acceptors (Lipinski definition) is 4. The van der Waals surface area contributed by atoms with Crippen molar-refractivity contribution in [3.63, 3.8) is 0 Å². The van der Waals surface area contributed by atoms with Gasteiger partial charge in [-0.15, -0.1) is 0 Å². The second-order valence-electron chi connectivity index (χ2n) is 5.49. The minimum atomic E-state index is -4.74. The van der Waals surface area contributed by atoms with Gasteiger partial charge in [-0.05, 0) is 25.1 Å². The first-order valence-electron chi connectivity index (χ1n) is 7.60. The van der Waals surface area contributed by atoms with E-state index in [2.05, 4.69) is 5.32 Å². The minimum Gasteiger partial charge on any atom is -0.451 e. The molecule has 0 aliphatic rings. The lowest BCUT2D eigenvalue weighted by molar-refractivity contribution is -0.154. The molecule has 0 saturated heterocycles. The molecule has 0 unspecified atom stereocenters. The molecule has 2 aromatic rings. The molecule has 1 atom stereocenters. The fourth-order valence-corrected chi connectivity index (χ4v) is 2.29. The Morgan fingerprint density at radius 3 is 2.48 bits per heavy atom. The van der Waals surface area contributed by atoms with Gasteiger partial charge in [0.25, 0.3) is 11.5 Å². The van der Waals surface area contributed by atoms with E-state index in [0.29, 0.717) is 22.5 Å². The van der Waals surface area contributed by atoms with Gasteiger partial charge in [0, 0.05) is 11.9 Å². The van der Waals surface area contributed by atoms with E-state index in [-0.39, 0.29) is 0 Å². The molecule has 0 aliphatic heterocycles. The van der Waals surface area contributed by atoms with Gasteiger partial charge in [-0.25, -0.2) is 0 Å². The first-order chi connectivity index (χ1) is 12.6. The number of halogens is 4. The average Bonchev–Trinajstić information content (AvgIpc) is 2.58. The number of nitrogens with zero attached hydrogens (tertiary/aromatic N) is 1. The van der Waals surface area contributed by atoms with Gasteiger partial charge < -0.3 is 14.6 Å². The Bertz CT molecular complexity index is 897. The van der Waals surface area contributed by atoms with Crippen LogP contribution in [0.4, 0.5) is 18.9 Å². The molecule has 1 aromatic heterocycles. The summed E-state index contributed by atoms with van der Waals surface area (Å²) in [7, 11) is 0. The van der Waals surface area contributed by atoms with Gasteiger partial charge in [0.1, 0.15) is 11.6 Å². The summed E-state index contributed by atoms with van der Waals surface area (Å²) in [6.45, 7) is 0.462. The molecule has 1 amide bonds. The molecule has 10 heteroatoms. The Labute approximate surface area is 156 Å². The maximum Gasteiger partial charge on any atom is 0.417 e. The molecule has 0 fully saturated rings. The Morgan fingerprint density at radius 2 is 1.89 bits per heavy atom. The number of ether oxygens (including phenoxy) is 1. The number of alkyl halides is 3. The van der Waals surface area contributed by atoms with Crippen LogP contribution in [0.2, 0.25) is 5.02 Å².